The zero-order valence-electron chi connectivity index (χ0n) is 14.1. The first-order chi connectivity index (χ1) is 12.4. The molecule has 0 saturated carbocycles. The van der Waals surface area contributed by atoms with Gasteiger partial charge in [0.25, 0.3) is 0 Å². The molecule has 4 nitrogen and oxygen atoms in total. The molecule has 0 bridgehead atoms. The Labute approximate surface area is 155 Å². The molecule has 7 heteroatoms. The summed E-state index contributed by atoms with van der Waals surface area (Å²) in [6.45, 7) is 1.09. The molecule has 1 aromatic carbocycles. The number of nitrogens with zero attached hydrogens (tertiary/aromatic N) is 2. The lowest BCUT2D eigenvalue weighted by Gasteiger charge is -2.05. The standard InChI is InChI=1S/C19H18ClF2N3O/c1-19(21,22)17-8-7-16(26-17)13-25-11-9-18(24-25)23-10-3-5-14-4-2-6-15(20)12-14/h2-4,6-12H,5,13H2,1H3,(H,23,24)/b10-3+. The van der Waals surface area contributed by atoms with E-state index in [2.05, 4.69) is 10.4 Å². The number of aromatic nitrogens is 2. The van der Waals surface area contributed by atoms with Crippen molar-refractivity contribution in [2.45, 2.75) is 25.8 Å². The summed E-state index contributed by atoms with van der Waals surface area (Å²) in [5, 5.41) is 8.10. The molecule has 0 unspecified atom stereocenters. The van der Waals surface area contributed by atoms with Crippen LogP contribution >= 0.6 is 11.6 Å². The fourth-order valence-corrected chi connectivity index (χ4v) is 2.60. The van der Waals surface area contributed by atoms with Crippen molar-refractivity contribution in [3.05, 3.63) is 83.0 Å². The maximum absolute atomic E-state index is 13.2. The van der Waals surface area contributed by atoms with Gasteiger partial charge in [-0.25, -0.2) is 0 Å². The lowest BCUT2D eigenvalue weighted by molar-refractivity contribution is -0.00636. The Hall–Kier alpha value is -2.60. The quantitative estimate of drug-likeness (QED) is 0.594. The Morgan fingerprint density at radius 2 is 2.12 bits per heavy atom. The van der Waals surface area contributed by atoms with Gasteiger partial charge in [0.1, 0.15) is 5.76 Å². The number of anilines is 1. The predicted molar refractivity (Wildman–Crippen MR) is 97.5 cm³/mol. The maximum atomic E-state index is 13.2. The molecule has 3 rings (SSSR count). The number of halogens is 3. The second-order valence-electron chi connectivity index (χ2n) is 5.93. The van der Waals surface area contributed by atoms with Crippen LogP contribution in [0.3, 0.4) is 0 Å². The second kappa shape index (κ2) is 7.74. The second-order valence-corrected chi connectivity index (χ2v) is 6.37. The third-order valence-corrected chi connectivity index (χ3v) is 3.88. The first-order valence-electron chi connectivity index (χ1n) is 8.06. The van der Waals surface area contributed by atoms with Crippen molar-refractivity contribution in [2.24, 2.45) is 0 Å². The SMILES string of the molecule is CC(F)(F)c1ccc(Cn2ccc(N/C=C/Cc3cccc(Cl)c3)n2)o1. The van der Waals surface area contributed by atoms with Gasteiger partial charge in [0.15, 0.2) is 11.6 Å². The predicted octanol–water partition coefficient (Wildman–Crippen LogP) is 5.46. The first-order valence-corrected chi connectivity index (χ1v) is 8.44. The summed E-state index contributed by atoms with van der Waals surface area (Å²) in [6.07, 6.45) is 6.26. The molecule has 0 aliphatic heterocycles. The summed E-state index contributed by atoms with van der Waals surface area (Å²) in [5.74, 6) is -2.25. The van der Waals surface area contributed by atoms with Gasteiger partial charge in [-0.3, -0.25) is 4.68 Å². The minimum absolute atomic E-state index is 0.282. The van der Waals surface area contributed by atoms with E-state index in [1.165, 1.54) is 12.1 Å². The number of furan rings is 1. The van der Waals surface area contributed by atoms with Gasteiger partial charge in [-0.15, -0.1) is 0 Å². The number of rotatable bonds is 7. The topological polar surface area (TPSA) is 43.0 Å². The summed E-state index contributed by atoms with van der Waals surface area (Å²) in [4.78, 5) is 0. The number of allylic oxidation sites excluding steroid dienone is 1. The molecule has 136 valence electrons. The van der Waals surface area contributed by atoms with Crippen molar-refractivity contribution >= 4 is 17.4 Å². The van der Waals surface area contributed by atoms with Crippen LogP contribution < -0.4 is 5.32 Å². The van der Waals surface area contributed by atoms with Crippen LogP contribution in [0.1, 0.15) is 24.0 Å². The van der Waals surface area contributed by atoms with E-state index in [0.29, 0.717) is 16.6 Å². The van der Waals surface area contributed by atoms with Crippen LogP contribution in [0.25, 0.3) is 0 Å². The summed E-state index contributed by atoms with van der Waals surface area (Å²) in [6, 6.07) is 12.3. The first kappa shape index (κ1) is 18.2. The molecule has 0 amide bonds. The van der Waals surface area contributed by atoms with Gasteiger partial charge in [-0.05, 0) is 42.4 Å². The van der Waals surface area contributed by atoms with Crippen LogP contribution in [0.2, 0.25) is 5.02 Å². The molecule has 0 atom stereocenters. The van der Waals surface area contributed by atoms with Gasteiger partial charge in [-0.1, -0.05) is 29.8 Å². The van der Waals surface area contributed by atoms with Gasteiger partial charge in [-0.2, -0.15) is 13.9 Å². The summed E-state index contributed by atoms with van der Waals surface area (Å²) in [7, 11) is 0. The zero-order chi connectivity index (χ0) is 18.6. The molecular formula is C19H18ClF2N3O. The molecule has 26 heavy (non-hydrogen) atoms. The molecule has 0 fully saturated rings. The Balaban J connectivity index is 1.53. The number of hydrogen-bond acceptors (Lipinski definition) is 3. The largest absolute Gasteiger partial charge is 0.458 e. The lowest BCUT2D eigenvalue weighted by atomic mass is 10.1. The summed E-state index contributed by atoms with van der Waals surface area (Å²) in [5.41, 5.74) is 1.11. The van der Waals surface area contributed by atoms with Crippen LogP contribution in [0.4, 0.5) is 14.6 Å². The Kier molecular flexibility index (Phi) is 5.42. The van der Waals surface area contributed by atoms with Crippen molar-refractivity contribution in [2.75, 3.05) is 5.32 Å². The summed E-state index contributed by atoms with van der Waals surface area (Å²) < 4.78 is 33.2. The Morgan fingerprint density at radius 3 is 2.85 bits per heavy atom. The lowest BCUT2D eigenvalue weighted by Crippen LogP contribution is -2.05. The Morgan fingerprint density at radius 1 is 1.27 bits per heavy atom. The van der Waals surface area contributed by atoms with Gasteiger partial charge >= 0.3 is 5.92 Å². The van der Waals surface area contributed by atoms with Crippen LogP contribution in [0, 0.1) is 0 Å². The summed E-state index contributed by atoms with van der Waals surface area (Å²) >= 11 is 5.95. The van der Waals surface area contributed by atoms with Crippen molar-refractivity contribution in [1.29, 1.82) is 0 Å². The monoisotopic (exact) mass is 377 g/mol. The average Bonchev–Trinajstić information content (AvgIpc) is 3.21. The average molecular weight is 378 g/mol. The van der Waals surface area contributed by atoms with E-state index in [-0.39, 0.29) is 12.3 Å². The van der Waals surface area contributed by atoms with Crippen LogP contribution in [-0.2, 0) is 18.9 Å². The number of hydrogen-bond donors (Lipinski definition) is 1. The van der Waals surface area contributed by atoms with E-state index in [1.807, 2.05) is 30.3 Å². The number of alkyl halides is 2. The van der Waals surface area contributed by atoms with Gasteiger partial charge in [0.2, 0.25) is 0 Å². The molecule has 1 N–H and O–H groups in total. The van der Waals surface area contributed by atoms with E-state index in [0.717, 1.165) is 18.9 Å². The highest BCUT2D eigenvalue weighted by molar-refractivity contribution is 6.30. The van der Waals surface area contributed by atoms with E-state index in [9.17, 15) is 8.78 Å². The van der Waals surface area contributed by atoms with E-state index in [4.69, 9.17) is 16.0 Å². The molecule has 0 saturated heterocycles. The maximum Gasteiger partial charge on any atom is 0.301 e. The van der Waals surface area contributed by atoms with Crippen molar-refractivity contribution in [1.82, 2.24) is 9.78 Å². The molecule has 0 radical (unpaired) electrons. The molecule has 3 aromatic rings. The van der Waals surface area contributed by atoms with Gasteiger partial charge in [0.05, 0.1) is 6.54 Å². The minimum atomic E-state index is -2.98. The van der Waals surface area contributed by atoms with E-state index < -0.39 is 5.92 Å². The van der Waals surface area contributed by atoms with Crippen molar-refractivity contribution in [3.63, 3.8) is 0 Å². The molecule has 2 heterocycles. The normalized spacial score (nSPS) is 12.0. The fraction of sp³-hybridized carbons (Fsp3) is 0.211. The molecule has 0 aliphatic carbocycles. The fourth-order valence-electron chi connectivity index (χ4n) is 2.39. The minimum Gasteiger partial charge on any atom is -0.458 e. The van der Waals surface area contributed by atoms with E-state index in [1.54, 1.807) is 23.1 Å². The Bertz CT molecular complexity index is 896. The molecular weight excluding hydrogens is 360 g/mol. The van der Waals surface area contributed by atoms with Crippen LogP contribution in [-0.4, -0.2) is 9.78 Å². The van der Waals surface area contributed by atoms with Gasteiger partial charge in [0, 0.05) is 24.2 Å². The van der Waals surface area contributed by atoms with Crippen LogP contribution in [0.15, 0.2) is 65.4 Å². The van der Waals surface area contributed by atoms with Crippen LogP contribution in [0.5, 0.6) is 0 Å². The third-order valence-electron chi connectivity index (χ3n) is 3.64. The molecule has 0 aliphatic rings. The molecule has 2 aromatic heterocycles. The smallest absolute Gasteiger partial charge is 0.301 e. The van der Waals surface area contributed by atoms with Crippen molar-refractivity contribution in [3.8, 4) is 0 Å². The zero-order valence-corrected chi connectivity index (χ0v) is 14.9. The highest BCUT2D eigenvalue weighted by Gasteiger charge is 2.28. The number of benzene rings is 1. The van der Waals surface area contributed by atoms with Crippen molar-refractivity contribution < 1.29 is 13.2 Å². The number of nitrogens with one attached hydrogen (secondary N) is 1. The third kappa shape index (κ3) is 4.95. The molecule has 0 spiro atoms. The van der Waals surface area contributed by atoms with Gasteiger partial charge < -0.3 is 9.73 Å². The highest BCUT2D eigenvalue weighted by Crippen LogP contribution is 2.28. The van der Waals surface area contributed by atoms with E-state index >= 15 is 0 Å². The highest BCUT2D eigenvalue weighted by atomic mass is 35.5.